The topological polar surface area (TPSA) is 27.7 Å². The highest BCUT2D eigenvalue weighted by atomic mass is 16.5. The fourth-order valence-electron chi connectivity index (χ4n) is 2.13. The van der Waals surface area contributed by atoms with Gasteiger partial charge in [-0.15, -0.1) is 0 Å². The van der Waals surface area contributed by atoms with Gasteiger partial charge in [0.2, 0.25) is 0 Å². The van der Waals surface area contributed by atoms with E-state index in [0.717, 1.165) is 23.5 Å². The molecule has 0 heterocycles. The van der Waals surface area contributed by atoms with Gasteiger partial charge in [0.1, 0.15) is 11.9 Å². The van der Waals surface area contributed by atoms with E-state index in [2.05, 4.69) is 12.1 Å². The molecule has 0 radical (unpaired) electrons. The third kappa shape index (κ3) is 1.67. The van der Waals surface area contributed by atoms with Crippen LogP contribution in [0.1, 0.15) is 17.2 Å². The molecule has 0 bridgehead atoms. The summed E-state index contributed by atoms with van der Waals surface area (Å²) in [6, 6.07) is 8.19. The van der Waals surface area contributed by atoms with Crippen LogP contribution in [0.15, 0.2) is 35.8 Å². The minimum absolute atomic E-state index is 0.162. The van der Waals surface area contributed by atoms with Gasteiger partial charge in [-0.1, -0.05) is 24.3 Å². The summed E-state index contributed by atoms with van der Waals surface area (Å²) in [5, 5.41) is 0. The van der Waals surface area contributed by atoms with Crippen molar-refractivity contribution < 1.29 is 14.2 Å². The summed E-state index contributed by atoms with van der Waals surface area (Å²) in [6.45, 7) is 0. The molecule has 0 saturated heterocycles. The summed E-state index contributed by atoms with van der Waals surface area (Å²) in [4.78, 5) is 0. The van der Waals surface area contributed by atoms with E-state index in [0.29, 0.717) is 0 Å². The van der Waals surface area contributed by atoms with Crippen LogP contribution in [0.4, 0.5) is 0 Å². The molecule has 86 valence electrons. The SMILES string of the molecule is COC1=C(OC)C(OC)c2ccccc2C1. The van der Waals surface area contributed by atoms with Crippen molar-refractivity contribution in [1.82, 2.24) is 0 Å². The maximum Gasteiger partial charge on any atom is 0.167 e. The lowest BCUT2D eigenvalue weighted by Crippen LogP contribution is -2.18. The Bertz CT molecular complexity index is 409. The summed E-state index contributed by atoms with van der Waals surface area (Å²) in [7, 11) is 4.99. The van der Waals surface area contributed by atoms with Crippen LogP contribution in [0.2, 0.25) is 0 Å². The van der Waals surface area contributed by atoms with Crippen molar-refractivity contribution in [1.29, 1.82) is 0 Å². The Morgan fingerprint density at radius 2 is 1.81 bits per heavy atom. The van der Waals surface area contributed by atoms with Gasteiger partial charge in [0, 0.05) is 13.5 Å². The molecule has 1 aromatic rings. The number of benzene rings is 1. The Kier molecular flexibility index (Phi) is 3.15. The van der Waals surface area contributed by atoms with Crippen LogP contribution in [0.3, 0.4) is 0 Å². The number of hydrogen-bond donors (Lipinski definition) is 0. The Balaban J connectivity index is 2.49. The first kappa shape index (κ1) is 11.0. The molecular weight excluding hydrogens is 204 g/mol. The van der Waals surface area contributed by atoms with Crippen LogP contribution >= 0.6 is 0 Å². The fourth-order valence-corrected chi connectivity index (χ4v) is 2.13. The monoisotopic (exact) mass is 220 g/mol. The van der Waals surface area contributed by atoms with Crippen LogP contribution in [0, 0.1) is 0 Å². The van der Waals surface area contributed by atoms with Crippen LogP contribution in [0.5, 0.6) is 0 Å². The highest BCUT2D eigenvalue weighted by Gasteiger charge is 2.29. The molecule has 0 saturated carbocycles. The summed E-state index contributed by atoms with van der Waals surface area (Å²) >= 11 is 0. The average molecular weight is 220 g/mol. The quantitative estimate of drug-likeness (QED) is 0.783. The van der Waals surface area contributed by atoms with E-state index in [1.54, 1.807) is 21.3 Å². The van der Waals surface area contributed by atoms with E-state index in [1.807, 2.05) is 12.1 Å². The van der Waals surface area contributed by atoms with Gasteiger partial charge in [-0.25, -0.2) is 0 Å². The van der Waals surface area contributed by atoms with E-state index in [-0.39, 0.29) is 6.10 Å². The van der Waals surface area contributed by atoms with Crippen LogP contribution < -0.4 is 0 Å². The van der Waals surface area contributed by atoms with Crippen LogP contribution in [0.25, 0.3) is 0 Å². The maximum absolute atomic E-state index is 5.49. The Labute approximate surface area is 95.6 Å². The van der Waals surface area contributed by atoms with E-state index in [1.165, 1.54) is 5.56 Å². The van der Waals surface area contributed by atoms with Crippen LogP contribution in [-0.4, -0.2) is 21.3 Å². The molecule has 0 amide bonds. The normalized spacial score (nSPS) is 19.3. The number of methoxy groups -OCH3 is 3. The molecule has 1 atom stereocenters. The first-order valence-electron chi connectivity index (χ1n) is 5.23. The predicted octanol–water partition coefficient (Wildman–Crippen LogP) is 2.43. The van der Waals surface area contributed by atoms with Gasteiger partial charge in [-0.2, -0.15) is 0 Å². The molecule has 0 N–H and O–H groups in total. The van der Waals surface area contributed by atoms with Crippen molar-refractivity contribution in [2.45, 2.75) is 12.5 Å². The van der Waals surface area contributed by atoms with E-state index in [9.17, 15) is 0 Å². The lowest BCUT2D eigenvalue weighted by molar-refractivity contribution is 0.0604. The molecule has 0 spiro atoms. The second-order valence-electron chi connectivity index (χ2n) is 3.69. The third-order valence-electron chi connectivity index (χ3n) is 2.90. The van der Waals surface area contributed by atoms with E-state index in [4.69, 9.17) is 14.2 Å². The standard InChI is InChI=1S/C13H16O3/c1-14-11-8-9-6-4-5-7-10(9)12(15-2)13(11)16-3/h4-7,12H,8H2,1-3H3. The Morgan fingerprint density at radius 1 is 1.06 bits per heavy atom. The van der Waals surface area contributed by atoms with Crippen molar-refractivity contribution in [3.05, 3.63) is 46.9 Å². The van der Waals surface area contributed by atoms with Gasteiger partial charge in [0.15, 0.2) is 5.76 Å². The predicted molar refractivity (Wildman–Crippen MR) is 60.9 cm³/mol. The van der Waals surface area contributed by atoms with Crippen molar-refractivity contribution in [3.63, 3.8) is 0 Å². The zero-order valence-electron chi connectivity index (χ0n) is 9.82. The van der Waals surface area contributed by atoms with Crippen molar-refractivity contribution >= 4 is 0 Å². The Morgan fingerprint density at radius 3 is 2.44 bits per heavy atom. The van der Waals surface area contributed by atoms with Gasteiger partial charge in [0.25, 0.3) is 0 Å². The summed E-state index contributed by atoms with van der Waals surface area (Å²) in [5.41, 5.74) is 2.38. The van der Waals surface area contributed by atoms with Gasteiger partial charge in [-0.3, -0.25) is 0 Å². The third-order valence-corrected chi connectivity index (χ3v) is 2.90. The minimum Gasteiger partial charge on any atom is -0.497 e. The van der Waals surface area contributed by atoms with Gasteiger partial charge < -0.3 is 14.2 Å². The molecular formula is C13H16O3. The molecule has 1 aromatic carbocycles. The van der Waals surface area contributed by atoms with Gasteiger partial charge in [-0.05, 0) is 11.1 Å². The lowest BCUT2D eigenvalue weighted by Gasteiger charge is -2.27. The molecule has 1 aliphatic rings. The largest absolute Gasteiger partial charge is 0.497 e. The van der Waals surface area contributed by atoms with Crippen molar-refractivity contribution in [3.8, 4) is 0 Å². The first-order chi connectivity index (χ1) is 7.81. The van der Waals surface area contributed by atoms with Gasteiger partial charge in [0.05, 0.1) is 14.2 Å². The molecule has 16 heavy (non-hydrogen) atoms. The van der Waals surface area contributed by atoms with E-state index >= 15 is 0 Å². The second kappa shape index (κ2) is 4.58. The maximum atomic E-state index is 5.49. The summed E-state index contributed by atoms with van der Waals surface area (Å²) in [5.74, 6) is 1.61. The fraction of sp³-hybridized carbons (Fsp3) is 0.385. The highest BCUT2D eigenvalue weighted by Crippen LogP contribution is 2.36. The number of fused-ring (bicyclic) bond motifs is 1. The summed E-state index contributed by atoms with van der Waals surface area (Å²) < 4.78 is 16.2. The molecule has 3 heteroatoms. The molecule has 0 fully saturated rings. The molecule has 0 aliphatic heterocycles. The number of allylic oxidation sites excluding steroid dienone is 1. The zero-order chi connectivity index (χ0) is 11.5. The molecule has 0 aromatic heterocycles. The zero-order valence-corrected chi connectivity index (χ0v) is 9.82. The number of rotatable bonds is 3. The van der Waals surface area contributed by atoms with Crippen LogP contribution in [-0.2, 0) is 20.6 Å². The Hall–Kier alpha value is -1.48. The average Bonchev–Trinajstić information content (AvgIpc) is 2.36. The lowest BCUT2D eigenvalue weighted by atomic mass is 9.92. The van der Waals surface area contributed by atoms with Crippen molar-refractivity contribution in [2.75, 3.05) is 21.3 Å². The number of hydrogen-bond acceptors (Lipinski definition) is 3. The smallest absolute Gasteiger partial charge is 0.167 e. The number of ether oxygens (including phenoxy) is 3. The van der Waals surface area contributed by atoms with Gasteiger partial charge >= 0.3 is 0 Å². The molecule has 2 rings (SSSR count). The van der Waals surface area contributed by atoms with Crippen molar-refractivity contribution in [2.24, 2.45) is 0 Å². The first-order valence-corrected chi connectivity index (χ1v) is 5.23. The highest BCUT2D eigenvalue weighted by molar-refractivity contribution is 5.40. The molecule has 3 nitrogen and oxygen atoms in total. The minimum atomic E-state index is -0.162. The second-order valence-corrected chi connectivity index (χ2v) is 3.69. The summed E-state index contributed by atoms with van der Waals surface area (Å²) in [6.07, 6.45) is 0.597. The van der Waals surface area contributed by atoms with E-state index < -0.39 is 0 Å². The molecule has 1 aliphatic carbocycles. The molecule has 1 unspecified atom stereocenters.